The number of rotatable bonds is 0. The van der Waals surface area contributed by atoms with Crippen molar-refractivity contribution >= 4 is 15.9 Å². The Hall–Kier alpha value is 0.480. The highest BCUT2D eigenvalue weighted by molar-refractivity contribution is 9.10. The van der Waals surface area contributed by atoms with E-state index in [1.54, 1.807) is 6.42 Å². The highest BCUT2D eigenvalue weighted by Gasteiger charge is 2.51. The van der Waals surface area contributed by atoms with E-state index in [4.69, 9.17) is 0 Å². The number of halogens is 1. The molecule has 0 radical (unpaired) electrons. The van der Waals surface area contributed by atoms with Gasteiger partial charge in [-0.1, -0.05) is 35.2 Å². The topological polar surface area (TPSA) is 0 Å². The second-order valence-electron chi connectivity index (χ2n) is 5.18. The van der Waals surface area contributed by atoms with Crippen LogP contribution in [0, 0.1) is 17.8 Å². The van der Waals surface area contributed by atoms with Crippen molar-refractivity contribution in [2.45, 2.75) is 49.3 Å². The molecular formula is C11H17Br. The average Bonchev–Trinajstić information content (AvgIpc) is 2.03. The molecule has 68 valence electrons. The predicted octanol–water partition coefficient (Wildman–Crippen LogP) is 3.74. The van der Waals surface area contributed by atoms with Crippen LogP contribution in [0.4, 0.5) is 0 Å². The van der Waals surface area contributed by atoms with Crippen molar-refractivity contribution in [3.8, 4) is 0 Å². The van der Waals surface area contributed by atoms with Crippen molar-refractivity contribution in [3.63, 3.8) is 0 Å². The summed E-state index contributed by atoms with van der Waals surface area (Å²) in [6.45, 7) is 0. The molecule has 0 heterocycles. The highest BCUT2D eigenvalue weighted by atomic mass is 79.9. The molecule has 12 heavy (non-hydrogen) atoms. The van der Waals surface area contributed by atoms with E-state index < -0.39 is 0 Å². The summed E-state index contributed by atoms with van der Waals surface area (Å²) in [7, 11) is 0. The molecule has 4 rings (SSSR count). The molecule has 0 amide bonds. The number of alkyl halides is 1. The first-order valence-corrected chi connectivity index (χ1v) is 6.26. The van der Waals surface area contributed by atoms with Crippen molar-refractivity contribution in [3.05, 3.63) is 0 Å². The minimum absolute atomic E-state index is 0.608. The molecule has 0 saturated heterocycles. The first-order chi connectivity index (χ1) is 5.78. The third kappa shape index (κ3) is 0.950. The lowest BCUT2D eigenvalue weighted by Gasteiger charge is -2.56. The van der Waals surface area contributed by atoms with Gasteiger partial charge in [0.05, 0.1) is 0 Å². The van der Waals surface area contributed by atoms with Crippen molar-refractivity contribution in [2.24, 2.45) is 17.8 Å². The van der Waals surface area contributed by atoms with Crippen molar-refractivity contribution in [2.75, 3.05) is 0 Å². The Kier molecular flexibility index (Phi) is 1.63. The molecule has 0 unspecified atom stereocenters. The second kappa shape index (κ2) is 2.50. The van der Waals surface area contributed by atoms with Crippen LogP contribution in [0.15, 0.2) is 0 Å². The van der Waals surface area contributed by atoms with Gasteiger partial charge in [-0.2, -0.15) is 0 Å². The van der Waals surface area contributed by atoms with Crippen LogP contribution in [-0.4, -0.2) is 4.32 Å². The van der Waals surface area contributed by atoms with Gasteiger partial charge in [0.15, 0.2) is 0 Å². The van der Waals surface area contributed by atoms with Crippen LogP contribution in [0.2, 0.25) is 0 Å². The van der Waals surface area contributed by atoms with Crippen LogP contribution in [0.3, 0.4) is 0 Å². The Morgan fingerprint density at radius 1 is 1.17 bits per heavy atom. The molecule has 0 aliphatic heterocycles. The minimum atomic E-state index is 0.608. The zero-order valence-electron chi connectivity index (χ0n) is 7.56. The van der Waals surface area contributed by atoms with E-state index in [1.165, 1.54) is 38.5 Å². The quantitative estimate of drug-likeness (QED) is 0.555. The molecule has 4 atom stereocenters. The van der Waals surface area contributed by atoms with Gasteiger partial charge in [0, 0.05) is 4.32 Å². The van der Waals surface area contributed by atoms with Crippen molar-refractivity contribution in [1.29, 1.82) is 0 Å². The van der Waals surface area contributed by atoms with Gasteiger partial charge < -0.3 is 0 Å². The van der Waals surface area contributed by atoms with Gasteiger partial charge in [0.2, 0.25) is 0 Å². The van der Waals surface area contributed by atoms with Gasteiger partial charge in [-0.3, -0.25) is 0 Å². The summed E-state index contributed by atoms with van der Waals surface area (Å²) in [5.74, 6) is 3.24. The molecular weight excluding hydrogens is 212 g/mol. The van der Waals surface area contributed by atoms with Crippen molar-refractivity contribution < 1.29 is 0 Å². The lowest BCUT2D eigenvalue weighted by Crippen LogP contribution is -2.50. The fourth-order valence-electron chi connectivity index (χ4n) is 4.12. The van der Waals surface area contributed by atoms with E-state index in [9.17, 15) is 0 Å². The fraction of sp³-hybridized carbons (Fsp3) is 1.00. The Labute approximate surface area is 83.2 Å². The van der Waals surface area contributed by atoms with E-state index in [0.717, 1.165) is 17.8 Å². The maximum Gasteiger partial charge on any atom is 0.0291 e. The predicted molar refractivity (Wildman–Crippen MR) is 54.4 cm³/mol. The number of hydrogen-bond donors (Lipinski definition) is 0. The summed E-state index contributed by atoms with van der Waals surface area (Å²) >= 11 is 4.04. The Morgan fingerprint density at radius 3 is 2.75 bits per heavy atom. The second-order valence-corrected chi connectivity index (χ2v) is 6.76. The molecule has 1 heteroatoms. The normalized spacial score (nSPS) is 57.2. The number of fused-ring (bicyclic) bond motifs is 1. The zero-order valence-corrected chi connectivity index (χ0v) is 9.15. The SMILES string of the molecule is Br[C@@]12CCC[C@H]3C[C@@H](CC[C@@H]31)C2. The largest absolute Gasteiger partial charge is 0.0850 e. The van der Waals surface area contributed by atoms with E-state index in [-0.39, 0.29) is 0 Å². The Bertz CT molecular complexity index is 201. The van der Waals surface area contributed by atoms with Gasteiger partial charge in [-0.25, -0.2) is 0 Å². The summed E-state index contributed by atoms with van der Waals surface area (Å²) in [4.78, 5) is 0. The van der Waals surface area contributed by atoms with Gasteiger partial charge in [0.25, 0.3) is 0 Å². The Balaban J connectivity index is 1.94. The van der Waals surface area contributed by atoms with Crippen molar-refractivity contribution in [1.82, 2.24) is 0 Å². The number of hydrogen-bond acceptors (Lipinski definition) is 0. The average molecular weight is 229 g/mol. The van der Waals surface area contributed by atoms with Crippen LogP contribution < -0.4 is 0 Å². The molecule has 0 spiro atoms. The molecule has 4 saturated carbocycles. The van der Waals surface area contributed by atoms with Gasteiger partial charge in [-0.05, 0) is 43.4 Å². The third-order valence-electron chi connectivity index (χ3n) is 4.55. The first-order valence-electron chi connectivity index (χ1n) is 5.47. The van der Waals surface area contributed by atoms with Gasteiger partial charge in [0.1, 0.15) is 0 Å². The van der Waals surface area contributed by atoms with E-state index in [0.29, 0.717) is 4.32 Å². The van der Waals surface area contributed by atoms with Crippen LogP contribution >= 0.6 is 15.9 Å². The monoisotopic (exact) mass is 228 g/mol. The molecule has 4 bridgehead atoms. The van der Waals surface area contributed by atoms with Gasteiger partial charge >= 0.3 is 0 Å². The molecule has 4 aliphatic carbocycles. The highest BCUT2D eigenvalue weighted by Crippen LogP contribution is 2.60. The molecule has 4 fully saturated rings. The summed E-state index contributed by atoms with van der Waals surface area (Å²) < 4.78 is 0.608. The summed E-state index contributed by atoms with van der Waals surface area (Å²) in [5.41, 5.74) is 0. The molecule has 0 aromatic rings. The molecule has 0 aromatic carbocycles. The smallest absolute Gasteiger partial charge is 0.0291 e. The molecule has 0 aromatic heterocycles. The first kappa shape index (κ1) is 7.84. The van der Waals surface area contributed by atoms with Gasteiger partial charge in [-0.15, -0.1) is 0 Å². The zero-order chi connectivity index (χ0) is 8.18. The van der Waals surface area contributed by atoms with E-state index in [1.807, 2.05) is 0 Å². The molecule has 0 nitrogen and oxygen atoms in total. The summed E-state index contributed by atoms with van der Waals surface area (Å²) in [6.07, 6.45) is 10.6. The lowest BCUT2D eigenvalue weighted by atomic mass is 9.55. The van der Waals surface area contributed by atoms with Crippen LogP contribution in [0.1, 0.15) is 44.9 Å². The molecule has 4 aliphatic rings. The van der Waals surface area contributed by atoms with Crippen LogP contribution in [0.5, 0.6) is 0 Å². The third-order valence-corrected chi connectivity index (χ3v) is 5.86. The standard InChI is InChI=1S/C11H17Br/c12-11-5-1-2-9-6-8(7-11)3-4-10(9)11/h8-10H,1-7H2/t8-,9+,10+,11-/m1/s1. The summed E-state index contributed by atoms with van der Waals surface area (Å²) in [5, 5.41) is 0. The fourth-order valence-corrected chi connectivity index (χ4v) is 5.46. The Morgan fingerprint density at radius 2 is 2.08 bits per heavy atom. The summed E-state index contributed by atoms with van der Waals surface area (Å²) in [6, 6.07) is 0. The molecule has 0 N–H and O–H groups in total. The maximum atomic E-state index is 4.04. The van der Waals surface area contributed by atoms with Crippen LogP contribution in [-0.2, 0) is 0 Å². The maximum absolute atomic E-state index is 4.04. The van der Waals surface area contributed by atoms with E-state index in [2.05, 4.69) is 15.9 Å². The van der Waals surface area contributed by atoms with E-state index >= 15 is 0 Å². The van der Waals surface area contributed by atoms with Crippen LogP contribution in [0.25, 0.3) is 0 Å². The minimum Gasteiger partial charge on any atom is -0.0850 e. The lowest BCUT2D eigenvalue weighted by molar-refractivity contribution is 0.0243.